The minimum atomic E-state index is -0.473. The molecule has 1 heterocycles. The van der Waals surface area contributed by atoms with Crippen molar-refractivity contribution in [3.05, 3.63) is 62.7 Å². The van der Waals surface area contributed by atoms with Gasteiger partial charge in [-0.15, -0.1) is 0 Å². The van der Waals surface area contributed by atoms with Gasteiger partial charge in [-0.25, -0.2) is 4.98 Å². The van der Waals surface area contributed by atoms with Crippen LogP contribution in [0.4, 0.5) is 5.69 Å². The van der Waals surface area contributed by atoms with Crippen LogP contribution in [0, 0.1) is 6.92 Å². The van der Waals surface area contributed by atoms with Crippen molar-refractivity contribution in [2.24, 2.45) is 0 Å². The van der Waals surface area contributed by atoms with Gasteiger partial charge in [0.05, 0.1) is 22.3 Å². The number of aryl methyl sites for hydroxylation is 1. The predicted molar refractivity (Wildman–Crippen MR) is 118 cm³/mol. The van der Waals surface area contributed by atoms with Crippen molar-refractivity contribution in [3.8, 4) is 5.75 Å². The van der Waals surface area contributed by atoms with Crippen molar-refractivity contribution in [1.82, 2.24) is 10.3 Å². The molecule has 0 saturated carbocycles. The molecule has 0 atom stereocenters. The highest BCUT2D eigenvalue weighted by Crippen LogP contribution is 2.37. The van der Waals surface area contributed by atoms with E-state index in [1.54, 1.807) is 24.3 Å². The monoisotopic (exact) mass is 495 g/mol. The van der Waals surface area contributed by atoms with E-state index in [-0.39, 0.29) is 29.8 Å². The van der Waals surface area contributed by atoms with Crippen LogP contribution in [0.5, 0.6) is 5.75 Å². The van der Waals surface area contributed by atoms with E-state index in [2.05, 4.69) is 31.5 Å². The average Bonchev–Trinajstić information content (AvgIpc) is 2.67. The van der Waals surface area contributed by atoms with E-state index in [4.69, 9.17) is 27.9 Å². The van der Waals surface area contributed by atoms with Crippen molar-refractivity contribution < 1.29 is 14.3 Å². The van der Waals surface area contributed by atoms with Gasteiger partial charge in [0.1, 0.15) is 5.52 Å². The summed E-state index contributed by atoms with van der Waals surface area (Å²) in [6, 6.07) is 12.4. The summed E-state index contributed by atoms with van der Waals surface area (Å²) in [5.74, 6) is -0.570. The SMILES string of the molecule is Cc1ccc2c(Cl)cc(Cl)c(OCC(=O)NCC(=O)Nc3ccccc3Br)c2n1. The van der Waals surface area contributed by atoms with E-state index >= 15 is 0 Å². The molecule has 0 saturated heterocycles. The van der Waals surface area contributed by atoms with Crippen molar-refractivity contribution in [3.63, 3.8) is 0 Å². The number of carbonyl (C=O) groups excluding carboxylic acids is 2. The Morgan fingerprint density at radius 1 is 1.10 bits per heavy atom. The quantitative estimate of drug-likeness (QED) is 0.516. The lowest BCUT2D eigenvalue weighted by Crippen LogP contribution is -2.35. The lowest BCUT2D eigenvalue weighted by Gasteiger charge is -2.12. The summed E-state index contributed by atoms with van der Waals surface area (Å²) in [6.07, 6.45) is 0. The third-order valence-corrected chi connectivity index (χ3v) is 5.20. The van der Waals surface area contributed by atoms with Crippen LogP contribution in [0.2, 0.25) is 10.0 Å². The zero-order chi connectivity index (χ0) is 21.0. The second-order valence-corrected chi connectivity index (χ2v) is 7.78. The summed E-state index contributed by atoms with van der Waals surface area (Å²) >= 11 is 15.8. The second-order valence-electron chi connectivity index (χ2n) is 6.11. The number of amides is 2. The van der Waals surface area contributed by atoms with Gasteiger partial charge in [0, 0.05) is 15.6 Å². The number of nitrogens with one attached hydrogen (secondary N) is 2. The van der Waals surface area contributed by atoms with Crippen LogP contribution in [-0.4, -0.2) is 29.9 Å². The maximum absolute atomic E-state index is 12.1. The summed E-state index contributed by atoms with van der Waals surface area (Å²) in [6.45, 7) is 1.30. The molecule has 0 aliphatic carbocycles. The molecule has 1 aromatic heterocycles. The lowest BCUT2D eigenvalue weighted by atomic mass is 10.2. The molecule has 0 fully saturated rings. The van der Waals surface area contributed by atoms with E-state index in [1.165, 1.54) is 0 Å². The summed E-state index contributed by atoms with van der Waals surface area (Å²) < 4.78 is 6.33. The van der Waals surface area contributed by atoms with Gasteiger partial charge in [-0.2, -0.15) is 0 Å². The number of rotatable bonds is 6. The Kier molecular flexibility index (Phi) is 6.95. The third kappa shape index (κ3) is 5.38. The van der Waals surface area contributed by atoms with Crippen molar-refractivity contribution in [1.29, 1.82) is 0 Å². The molecule has 29 heavy (non-hydrogen) atoms. The minimum Gasteiger partial charge on any atom is -0.480 e. The molecule has 0 bridgehead atoms. The molecule has 0 unspecified atom stereocenters. The van der Waals surface area contributed by atoms with Gasteiger partial charge in [0.2, 0.25) is 5.91 Å². The number of hydrogen-bond donors (Lipinski definition) is 2. The Morgan fingerprint density at radius 2 is 1.86 bits per heavy atom. The molecule has 3 rings (SSSR count). The molecule has 0 radical (unpaired) electrons. The van der Waals surface area contributed by atoms with Crippen LogP contribution in [0.25, 0.3) is 10.9 Å². The molecular formula is C20H16BrCl2N3O3. The molecule has 150 valence electrons. The van der Waals surface area contributed by atoms with Gasteiger partial charge >= 0.3 is 0 Å². The van der Waals surface area contributed by atoms with Crippen molar-refractivity contribution in [2.45, 2.75) is 6.92 Å². The number of para-hydroxylation sites is 1. The first-order valence-corrected chi connectivity index (χ1v) is 10.1. The number of hydrogen-bond acceptors (Lipinski definition) is 4. The van der Waals surface area contributed by atoms with E-state index < -0.39 is 5.91 Å². The fraction of sp³-hybridized carbons (Fsp3) is 0.150. The molecule has 3 aromatic rings. The van der Waals surface area contributed by atoms with Crippen LogP contribution in [0.1, 0.15) is 5.69 Å². The Balaban J connectivity index is 1.60. The van der Waals surface area contributed by atoms with Crippen LogP contribution >= 0.6 is 39.1 Å². The maximum atomic E-state index is 12.1. The van der Waals surface area contributed by atoms with E-state index in [0.29, 0.717) is 21.6 Å². The first-order chi connectivity index (χ1) is 13.8. The van der Waals surface area contributed by atoms with Gasteiger partial charge in [-0.05, 0) is 53.2 Å². The van der Waals surface area contributed by atoms with Gasteiger partial charge < -0.3 is 15.4 Å². The molecule has 6 nitrogen and oxygen atoms in total. The molecule has 9 heteroatoms. The lowest BCUT2D eigenvalue weighted by molar-refractivity contribution is -0.125. The highest BCUT2D eigenvalue weighted by Gasteiger charge is 2.15. The van der Waals surface area contributed by atoms with Crippen LogP contribution < -0.4 is 15.4 Å². The van der Waals surface area contributed by atoms with Crippen molar-refractivity contribution in [2.75, 3.05) is 18.5 Å². The molecule has 2 N–H and O–H groups in total. The van der Waals surface area contributed by atoms with Gasteiger partial charge in [-0.1, -0.05) is 35.3 Å². The zero-order valence-corrected chi connectivity index (χ0v) is 18.4. The number of carbonyl (C=O) groups is 2. The van der Waals surface area contributed by atoms with E-state index in [9.17, 15) is 9.59 Å². The Hall–Kier alpha value is -2.35. The van der Waals surface area contributed by atoms with Crippen LogP contribution in [-0.2, 0) is 9.59 Å². The first-order valence-electron chi connectivity index (χ1n) is 8.54. The van der Waals surface area contributed by atoms with Gasteiger partial charge in [0.25, 0.3) is 5.91 Å². The Morgan fingerprint density at radius 3 is 2.62 bits per heavy atom. The number of halogens is 3. The summed E-state index contributed by atoms with van der Waals surface area (Å²) in [4.78, 5) is 28.5. The standard InChI is InChI=1S/C20H16BrCl2N3O3/c1-11-6-7-12-14(22)8-15(23)20(19(12)25-11)29-10-18(28)24-9-17(27)26-16-5-3-2-4-13(16)21/h2-8H,9-10H2,1H3,(H,24,28)(H,26,27). The van der Waals surface area contributed by atoms with Gasteiger partial charge in [-0.3, -0.25) is 9.59 Å². The number of benzene rings is 2. The Bertz CT molecular complexity index is 1090. The number of ether oxygens (including phenoxy) is 1. The molecule has 2 amide bonds. The average molecular weight is 497 g/mol. The molecule has 2 aromatic carbocycles. The number of anilines is 1. The first kappa shape index (κ1) is 21.4. The predicted octanol–water partition coefficient (Wildman–Crippen LogP) is 4.75. The smallest absolute Gasteiger partial charge is 0.258 e. The summed E-state index contributed by atoms with van der Waals surface area (Å²) in [7, 11) is 0. The fourth-order valence-corrected chi connectivity index (χ4v) is 3.51. The molecule has 0 aliphatic rings. The number of nitrogens with zero attached hydrogens (tertiary/aromatic N) is 1. The molecule has 0 aliphatic heterocycles. The van der Waals surface area contributed by atoms with Gasteiger partial charge in [0.15, 0.2) is 12.4 Å². The highest BCUT2D eigenvalue weighted by atomic mass is 79.9. The van der Waals surface area contributed by atoms with Crippen LogP contribution in [0.15, 0.2) is 46.9 Å². The largest absolute Gasteiger partial charge is 0.480 e. The summed E-state index contributed by atoms with van der Waals surface area (Å²) in [5, 5.41) is 6.56. The van der Waals surface area contributed by atoms with E-state index in [0.717, 1.165) is 10.2 Å². The highest BCUT2D eigenvalue weighted by molar-refractivity contribution is 9.10. The summed E-state index contributed by atoms with van der Waals surface area (Å²) in [5.41, 5.74) is 1.85. The topological polar surface area (TPSA) is 80.3 Å². The maximum Gasteiger partial charge on any atom is 0.258 e. The number of fused-ring (bicyclic) bond motifs is 1. The van der Waals surface area contributed by atoms with Crippen LogP contribution in [0.3, 0.4) is 0 Å². The minimum absolute atomic E-state index is 0.198. The third-order valence-electron chi connectivity index (χ3n) is 3.92. The van der Waals surface area contributed by atoms with Crippen molar-refractivity contribution >= 4 is 67.5 Å². The molecular weight excluding hydrogens is 481 g/mol. The van der Waals surface area contributed by atoms with E-state index in [1.807, 2.05) is 25.1 Å². The fourth-order valence-electron chi connectivity index (χ4n) is 2.55. The second kappa shape index (κ2) is 9.43. The normalized spacial score (nSPS) is 10.6. The Labute approximate surface area is 185 Å². The number of pyridine rings is 1. The zero-order valence-electron chi connectivity index (χ0n) is 15.3. The molecule has 0 spiro atoms. The number of aromatic nitrogens is 1.